The smallest absolute Gasteiger partial charge is 0.253 e. The van der Waals surface area contributed by atoms with Crippen molar-refractivity contribution in [3.05, 3.63) is 34.3 Å². The normalized spacial score (nSPS) is 16.3. The van der Waals surface area contributed by atoms with Crippen molar-refractivity contribution in [2.24, 2.45) is 5.41 Å². The molecule has 6 heteroatoms. The number of benzene rings is 1. The fraction of sp³-hybridized carbons (Fsp3) is 0.529. The van der Waals surface area contributed by atoms with Gasteiger partial charge >= 0.3 is 0 Å². The average molecular weight is 402 g/mol. The first kappa shape index (κ1) is 18.3. The number of amides is 2. The molecule has 1 aliphatic rings. The second-order valence-electron chi connectivity index (χ2n) is 6.57. The van der Waals surface area contributed by atoms with Gasteiger partial charge in [-0.1, -0.05) is 22.0 Å². The molecule has 0 saturated carbocycles. The minimum atomic E-state index is -0.565. The third-order valence-electron chi connectivity index (χ3n) is 4.14. The van der Waals surface area contributed by atoms with Crippen LogP contribution in [0.3, 0.4) is 0 Å². The molecule has 1 aromatic carbocycles. The molecule has 1 aromatic rings. The second-order valence-corrected chi connectivity index (χ2v) is 7.75. The van der Waals surface area contributed by atoms with Gasteiger partial charge < -0.3 is 10.2 Å². The Labute approximate surface area is 150 Å². The molecule has 2 amide bonds. The molecule has 126 valence electrons. The van der Waals surface area contributed by atoms with Gasteiger partial charge in [-0.3, -0.25) is 9.59 Å². The van der Waals surface area contributed by atoms with Crippen molar-refractivity contribution in [1.82, 2.24) is 10.2 Å². The molecule has 1 fully saturated rings. The van der Waals surface area contributed by atoms with Crippen molar-refractivity contribution in [2.75, 3.05) is 19.0 Å². The van der Waals surface area contributed by atoms with Gasteiger partial charge in [0.2, 0.25) is 5.91 Å². The lowest BCUT2D eigenvalue weighted by Crippen LogP contribution is -2.49. The van der Waals surface area contributed by atoms with Crippen molar-refractivity contribution in [3.8, 4) is 0 Å². The third-order valence-corrected chi connectivity index (χ3v) is 5.30. The van der Waals surface area contributed by atoms with E-state index in [0.717, 1.165) is 17.3 Å². The number of hydrogen-bond acceptors (Lipinski definition) is 2. The highest BCUT2D eigenvalue weighted by atomic mass is 79.9. The fourth-order valence-corrected chi connectivity index (χ4v) is 2.99. The highest BCUT2D eigenvalue weighted by Gasteiger charge is 2.30. The van der Waals surface area contributed by atoms with Crippen LogP contribution in [0.2, 0.25) is 0 Å². The van der Waals surface area contributed by atoms with Gasteiger partial charge in [0.15, 0.2) is 0 Å². The van der Waals surface area contributed by atoms with Gasteiger partial charge in [0.1, 0.15) is 0 Å². The van der Waals surface area contributed by atoms with E-state index in [-0.39, 0.29) is 17.9 Å². The average Bonchev–Trinajstić information content (AvgIpc) is 2.54. The SMILES string of the molecule is CC(C)(CCl)C(=O)NC1CCN(C(=O)c2cccc(Br)c2)CC1. The Kier molecular flexibility index (Phi) is 6.09. The molecule has 1 heterocycles. The molecule has 2 rings (SSSR count). The summed E-state index contributed by atoms with van der Waals surface area (Å²) in [5.41, 5.74) is 0.121. The first-order chi connectivity index (χ1) is 10.8. The Balaban J connectivity index is 1.89. The Morgan fingerprint density at radius 1 is 1.35 bits per heavy atom. The van der Waals surface area contributed by atoms with Gasteiger partial charge in [-0.25, -0.2) is 0 Å². The summed E-state index contributed by atoms with van der Waals surface area (Å²) in [6.45, 7) is 4.97. The van der Waals surface area contributed by atoms with E-state index >= 15 is 0 Å². The molecule has 1 N–H and O–H groups in total. The molecular formula is C17H22BrClN2O2. The predicted octanol–water partition coefficient (Wildman–Crippen LogP) is 3.43. The summed E-state index contributed by atoms with van der Waals surface area (Å²) in [5.74, 6) is 0.306. The maximum Gasteiger partial charge on any atom is 0.253 e. The van der Waals surface area contributed by atoms with Gasteiger partial charge in [0.25, 0.3) is 5.91 Å². The highest BCUT2D eigenvalue weighted by Crippen LogP contribution is 2.20. The summed E-state index contributed by atoms with van der Waals surface area (Å²) in [7, 11) is 0. The largest absolute Gasteiger partial charge is 0.353 e. The quantitative estimate of drug-likeness (QED) is 0.786. The number of piperidine rings is 1. The van der Waals surface area contributed by atoms with Crippen LogP contribution in [0.25, 0.3) is 0 Å². The van der Waals surface area contributed by atoms with Crippen LogP contribution < -0.4 is 5.32 Å². The van der Waals surface area contributed by atoms with Gasteiger partial charge in [-0.05, 0) is 44.9 Å². The molecule has 4 nitrogen and oxygen atoms in total. The van der Waals surface area contributed by atoms with Gasteiger partial charge in [-0.2, -0.15) is 0 Å². The standard InChI is InChI=1S/C17H22BrClN2O2/c1-17(2,11-19)16(23)20-14-6-8-21(9-7-14)15(22)12-4-3-5-13(18)10-12/h3-5,10,14H,6-9,11H2,1-2H3,(H,20,23). The molecule has 0 spiro atoms. The van der Waals surface area contributed by atoms with Gasteiger partial charge in [0.05, 0.1) is 5.41 Å². The van der Waals surface area contributed by atoms with Crippen LogP contribution >= 0.6 is 27.5 Å². The number of nitrogens with zero attached hydrogens (tertiary/aromatic N) is 1. The summed E-state index contributed by atoms with van der Waals surface area (Å²) in [6, 6.07) is 7.52. The van der Waals surface area contributed by atoms with E-state index in [4.69, 9.17) is 11.6 Å². The van der Waals surface area contributed by atoms with E-state index in [1.165, 1.54) is 0 Å². The fourth-order valence-electron chi connectivity index (χ4n) is 2.47. The van der Waals surface area contributed by atoms with Crippen LogP contribution in [0.1, 0.15) is 37.0 Å². The minimum Gasteiger partial charge on any atom is -0.353 e. The summed E-state index contributed by atoms with van der Waals surface area (Å²) < 4.78 is 0.897. The number of carbonyl (C=O) groups excluding carboxylic acids is 2. The number of hydrogen-bond donors (Lipinski definition) is 1. The highest BCUT2D eigenvalue weighted by molar-refractivity contribution is 9.10. The first-order valence-electron chi connectivity index (χ1n) is 7.75. The lowest BCUT2D eigenvalue weighted by molar-refractivity contribution is -0.129. The third kappa shape index (κ3) is 4.70. The Hall–Kier alpha value is -1.07. The van der Waals surface area contributed by atoms with E-state index in [9.17, 15) is 9.59 Å². The molecular weight excluding hydrogens is 380 g/mol. The molecule has 23 heavy (non-hydrogen) atoms. The number of likely N-dealkylation sites (tertiary alicyclic amines) is 1. The van der Waals surface area contributed by atoms with Crippen LogP contribution in [-0.2, 0) is 4.79 Å². The van der Waals surface area contributed by atoms with Crippen molar-refractivity contribution in [1.29, 1.82) is 0 Å². The van der Waals surface area contributed by atoms with Gasteiger partial charge in [-0.15, -0.1) is 11.6 Å². The predicted molar refractivity (Wildman–Crippen MR) is 95.7 cm³/mol. The summed E-state index contributed by atoms with van der Waals surface area (Å²) in [4.78, 5) is 26.5. The summed E-state index contributed by atoms with van der Waals surface area (Å²) in [6.07, 6.45) is 1.54. The zero-order valence-electron chi connectivity index (χ0n) is 13.4. The van der Waals surface area contributed by atoms with E-state index in [1.807, 2.05) is 43.0 Å². The topological polar surface area (TPSA) is 49.4 Å². The molecule has 0 unspecified atom stereocenters. The van der Waals surface area contributed by atoms with E-state index in [1.54, 1.807) is 0 Å². The summed E-state index contributed by atoms with van der Waals surface area (Å²) >= 11 is 9.22. The van der Waals surface area contributed by atoms with E-state index in [2.05, 4.69) is 21.2 Å². The van der Waals surface area contributed by atoms with Crippen molar-refractivity contribution in [3.63, 3.8) is 0 Å². The number of alkyl halides is 1. The van der Waals surface area contributed by atoms with Crippen LogP contribution in [-0.4, -0.2) is 41.7 Å². The molecule has 1 saturated heterocycles. The maximum absolute atomic E-state index is 12.5. The monoisotopic (exact) mass is 400 g/mol. The van der Waals surface area contributed by atoms with Crippen molar-refractivity contribution in [2.45, 2.75) is 32.7 Å². The molecule has 1 aliphatic heterocycles. The molecule has 0 radical (unpaired) electrons. The van der Waals surface area contributed by atoms with Crippen molar-refractivity contribution >= 4 is 39.3 Å². The van der Waals surface area contributed by atoms with Crippen LogP contribution in [0.5, 0.6) is 0 Å². The maximum atomic E-state index is 12.5. The zero-order chi connectivity index (χ0) is 17.0. The lowest BCUT2D eigenvalue weighted by atomic mass is 9.93. The molecule has 0 atom stereocenters. The van der Waals surface area contributed by atoms with Crippen molar-refractivity contribution < 1.29 is 9.59 Å². The zero-order valence-corrected chi connectivity index (χ0v) is 15.8. The summed E-state index contributed by atoms with van der Waals surface area (Å²) in [5, 5.41) is 3.05. The number of carbonyl (C=O) groups is 2. The minimum absolute atomic E-state index is 0.0238. The molecule has 0 aliphatic carbocycles. The Morgan fingerprint density at radius 3 is 2.57 bits per heavy atom. The Bertz CT molecular complexity index is 584. The number of nitrogens with one attached hydrogen (secondary N) is 1. The molecule has 0 aromatic heterocycles. The number of rotatable bonds is 4. The first-order valence-corrected chi connectivity index (χ1v) is 9.08. The number of halogens is 2. The van der Waals surface area contributed by atoms with Gasteiger partial charge in [0, 0.05) is 35.0 Å². The Morgan fingerprint density at radius 2 is 2.00 bits per heavy atom. The van der Waals surface area contributed by atoms with Crippen LogP contribution in [0.15, 0.2) is 28.7 Å². The second kappa shape index (κ2) is 7.67. The van der Waals surface area contributed by atoms with Crippen LogP contribution in [0, 0.1) is 5.41 Å². The lowest BCUT2D eigenvalue weighted by Gasteiger charge is -2.34. The van der Waals surface area contributed by atoms with E-state index < -0.39 is 5.41 Å². The van der Waals surface area contributed by atoms with Crippen LogP contribution in [0.4, 0.5) is 0 Å². The van der Waals surface area contributed by atoms with E-state index in [0.29, 0.717) is 24.5 Å². The molecule has 0 bridgehead atoms.